The number of halogens is 1. The fourth-order valence-electron chi connectivity index (χ4n) is 3.59. The van der Waals surface area contributed by atoms with Crippen LogP contribution in [0.25, 0.3) is 0 Å². The Morgan fingerprint density at radius 3 is 2.59 bits per heavy atom. The zero-order valence-electron chi connectivity index (χ0n) is 16.6. The lowest BCUT2D eigenvalue weighted by Gasteiger charge is -2.18. The fourth-order valence-corrected chi connectivity index (χ4v) is 3.79. The summed E-state index contributed by atoms with van der Waals surface area (Å²) in [5, 5.41) is 9.89. The maximum atomic E-state index is 12.0. The van der Waals surface area contributed by atoms with E-state index in [0.717, 1.165) is 25.2 Å². The van der Waals surface area contributed by atoms with E-state index in [9.17, 15) is 14.7 Å². The summed E-state index contributed by atoms with van der Waals surface area (Å²) >= 11 is 5.77. The van der Waals surface area contributed by atoms with Gasteiger partial charge >= 0.3 is 0 Å². The van der Waals surface area contributed by atoms with E-state index in [1.165, 1.54) is 32.0 Å². The Morgan fingerprint density at radius 1 is 1.21 bits per heavy atom. The van der Waals surface area contributed by atoms with E-state index in [0.29, 0.717) is 11.8 Å². The first-order valence-electron chi connectivity index (χ1n) is 9.67. The number of hydrogen-bond donors (Lipinski definition) is 2. The van der Waals surface area contributed by atoms with Crippen LogP contribution in [0.2, 0.25) is 5.15 Å². The zero-order valence-corrected chi connectivity index (χ0v) is 17.3. The average Bonchev–Trinajstić information content (AvgIpc) is 3.02. The second-order valence-corrected chi connectivity index (χ2v) is 7.49. The lowest BCUT2D eigenvalue weighted by atomic mass is 9.98. The third-order valence-corrected chi connectivity index (χ3v) is 5.40. The summed E-state index contributed by atoms with van der Waals surface area (Å²) in [6, 6.07) is 11.7. The van der Waals surface area contributed by atoms with Gasteiger partial charge in [0.1, 0.15) is 10.8 Å². The second kappa shape index (κ2) is 11.0. The van der Waals surface area contributed by atoms with E-state index >= 15 is 0 Å². The predicted molar refractivity (Wildman–Crippen MR) is 115 cm³/mol. The summed E-state index contributed by atoms with van der Waals surface area (Å²) in [5.74, 6) is 0.564. The van der Waals surface area contributed by atoms with E-state index in [1.807, 2.05) is 6.07 Å². The first-order valence-corrected chi connectivity index (χ1v) is 10.1. The maximum absolute atomic E-state index is 12.0. The van der Waals surface area contributed by atoms with Gasteiger partial charge in [-0.2, -0.15) is 0 Å². The molecule has 29 heavy (non-hydrogen) atoms. The largest absolute Gasteiger partial charge is 0.390 e. The first-order chi connectivity index (χ1) is 14.0. The normalized spacial score (nSPS) is 21.7. The minimum atomic E-state index is -0.308. The fraction of sp³-hybridized carbons (Fsp3) is 0.348. The Kier molecular flexibility index (Phi) is 8.70. The molecule has 0 radical (unpaired) electrons. The van der Waals surface area contributed by atoms with Crippen molar-refractivity contribution in [3.8, 4) is 0 Å². The molecule has 0 spiro atoms. The lowest BCUT2D eigenvalue weighted by Crippen LogP contribution is -2.22. The first kappa shape index (κ1) is 22.9. The van der Waals surface area contributed by atoms with Gasteiger partial charge in [-0.05, 0) is 57.2 Å². The topological polar surface area (TPSA) is 93.3 Å². The molecule has 1 saturated carbocycles. The molecule has 2 atom stereocenters. The van der Waals surface area contributed by atoms with Crippen molar-refractivity contribution in [3.63, 3.8) is 0 Å². The van der Waals surface area contributed by atoms with Crippen molar-refractivity contribution in [3.05, 3.63) is 76.6 Å². The monoisotopic (exact) mass is 414 g/mol. The highest BCUT2D eigenvalue weighted by atomic mass is 35.5. The molecular formula is C23H27ClN2O3. The number of nitrogens with zero attached hydrogens (tertiary/aromatic N) is 1. The second-order valence-electron chi connectivity index (χ2n) is 7.13. The summed E-state index contributed by atoms with van der Waals surface area (Å²) < 4.78 is 0. The number of benzene rings is 1. The molecular weight excluding hydrogens is 388 g/mol. The van der Waals surface area contributed by atoms with Gasteiger partial charge in [0.05, 0.1) is 11.2 Å². The van der Waals surface area contributed by atoms with Crippen molar-refractivity contribution in [2.24, 2.45) is 11.7 Å². The van der Waals surface area contributed by atoms with Gasteiger partial charge in [-0.15, -0.1) is 0 Å². The number of allylic oxidation sites excluding steroid dienone is 1. The van der Waals surface area contributed by atoms with Crippen LogP contribution in [-0.2, 0) is 0 Å². The molecule has 2 unspecified atom stereocenters. The molecule has 2 aromatic rings. The van der Waals surface area contributed by atoms with Gasteiger partial charge in [0.15, 0.2) is 6.29 Å². The zero-order chi connectivity index (χ0) is 21.3. The molecule has 0 saturated heterocycles. The Morgan fingerprint density at radius 2 is 1.93 bits per heavy atom. The van der Waals surface area contributed by atoms with Crippen LogP contribution in [0.15, 0.2) is 54.6 Å². The van der Waals surface area contributed by atoms with E-state index in [-0.39, 0.29) is 27.8 Å². The van der Waals surface area contributed by atoms with Crippen LogP contribution in [-0.4, -0.2) is 34.8 Å². The number of ketones is 1. The van der Waals surface area contributed by atoms with Gasteiger partial charge in [-0.25, -0.2) is 4.98 Å². The van der Waals surface area contributed by atoms with Crippen molar-refractivity contribution >= 4 is 23.7 Å². The summed E-state index contributed by atoms with van der Waals surface area (Å²) in [5.41, 5.74) is 5.23. The molecule has 6 heteroatoms. The third-order valence-electron chi connectivity index (χ3n) is 5.09. The molecule has 1 aromatic heterocycles. The van der Waals surface area contributed by atoms with Crippen molar-refractivity contribution in [2.75, 3.05) is 7.05 Å². The standard InChI is InChI=1S/C13H8ClNO2.C9H14O.CH5N/c14-13-10(8-16)6-7-11(15-13)12(17)9-4-2-1-3-5-9;10-9-5-2-1-3-8(7-9)4-6-9;1-2/h1-8H;1-2,8,10H,3-7H2;2H2,1H3. The van der Waals surface area contributed by atoms with Crippen LogP contribution in [0.4, 0.5) is 0 Å². The number of rotatable bonds is 3. The van der Waals surface area contributed by atoms with E-state index < -0.39 is 0 Å². The van der Waals surface area contributed by atoms with Gasteiger partial charge in [-0.3, -0.25) is 9.59 Å². The molecule has 1 heterocycles. The molecule has 0 aliphatic heterocycles. The smallest absolute Gasteiger partial charge is 0.211 e. The average molecular weight is 415 g/mol. The summed E-state index contributed by atoms with van der Waals surface area (Å²) in [6.07, 6.45) is 10.4. The number of aromatic nitrogens is 1. The molecule has 4 rings (SSSR count). The Balaban J connectivity index is 0.000000212. The number of pyridine rings is 1. The Hall–Kier alpha value is -2.34. The van der Waals surface area contributed by atoms with Crippen LogP contribution < -0.4 is 5.73 Å². The third kappa shape index (κ3) is 6.32. The van der Waals surface area contributed by atoms with Crippen LogP contribution in [0.3, 0.4) is 0 Å². The molecule has 5 nitrogen and oxygen atoms in total. The van der Waals surface area contributed by atoms with Gasteiger partial charge in [0.25, 0.3) is 0 Å². The molecule has 3 N–H and O–H groups in total. The van der Waals surface area contributed by atoms with Crippen LogP contribution in [0.5, 0.6) is 0 Å². The van der Waals surface area contributed by atoms with Gasteiger partial charge in [-0.1, -0.05) is 54.1 Å². The number of nitrogens with two attached hydrogens (primary N) is 1. The summed E-state index contributed by atoms with van der Waals surface area (Å²) in [6.45, 7) is 0. The number of hydrogen-bond acceptors (Lipinski definition) is 5. The molecule has 1 fully saturated rings. The van der Waals surface area contributed by atoms with Crippen molar-refractivity contribution < 1.29 is 14.7 Å². The molecule has 2 aliphatic rings. The van der Waals surface area contributed by atoms with Crippen molar-refractivity contribution in [1.29, 1.82) is 0 Å². The highest BCUT2D eigenvalue weighted by molar-refractivity contribution is 6.32. The van der Waals surface area contributed by atoms with Crippen LogP contribution in [0.1, 0.15) is 58.5 Å². The number of carbonyl (C=O) groups excluding carboxylic acids is 2. The van der Waals surface area contributed by atoms with Gasteiger partial charge < -0.3 is 10.8 Å². The van der Waals surface area contributed by atoms with Crippen molar-refractivity contribution in [1.82, 2.24) is 4.98 Å². The quantitative estimate of drug-likeness (QED) is 0.339. The highest BCUT2D eigenvalue weighted by Gasteiger charge is 2.36. The number of aldehydes is 1. The molecule has 2 aliphatic carbocycles. The predicted octanol–water partition coefficient (Wildman–Crippen LogP) is 4.22. The van der Waals surface area contributed by atoms with Crippen molar-refractivity contribution in [2.45, 2.75) is 37.7 Å². The molecule has 0 amide bonds. The molecule has 2 bridgehead atoms. The lowest BCUT2D eigenvalue weighted by molar-refractivity contribution is 0.0482. The Bertz CT molecular complexity index is 854. The molecule has 154 valence electrons. The van der Waals surface area contributed by atoms with Crippen LogP contribution in [0, 0.1) is 5.92 Å². The summed E-state index contributed by atoms with van der Waals surface area (Å²) in [7, 11) is 1.50. The SMILES string of the molecule is CN.O=Cc1ccc(C(=O)c2ccccc2)nc1Cl.OC12CC=CCC(CC1)C2. The van der Waals surface area contributed by atoms with Gasteiger partial charge in [0, 0.05) is 5.56 Å². The van der Waals surface area contributed by atoms with Gasteiger partial charge in [0.2, 0.25) is 5.78 Å². The Labute approximate surface area is 176 Å². The minimum Gasteiger partial charge on any atom is -0.390 e. The van der Waals surface area contributed by atoms with E-state index in [2.05, 4.69) is 22.9 Å². The van der Waals surface area contributed by atoms with Crippen LogP contribution >= 0.6 is 11.6 Å². The highest BCUT2D eigenvalue weighted by Crippen LogP contribution is 2.40. The van der Waals surface area contributed by atoms with E-state index in [1.54, 1.807) is 24.3 Å². The maximum Gasteiger partial charge on any atom is 0.211 e. The summed E-state index contributed by atoms with van der Waals surface area (Å²) in [4.78, 5) is 26.5. The van der Waals surface area contributed by atoms with E-state index in [4.69, 9.17) is 11.6 Å². The molecule has 1 aromatic carbocycles. The number of fused-ring (bicyclic) bond motifs is 2. The number of carbonyl (C=O) groups is 2. The minimum absolute atomic E-state index is 0.0433. The number of aliphatic hydroxyl groups is 1.